The SMILES string of the molecule is CCOC(=O)C[C@@H](N)c1cccc(F)c1. The number of hydrogen-bond donors (Lipinski definition) is 1. The Kier molecular flexibility index (Phi) is 4.24. The van der Waals surface area contributed by atoms with Crippen molar-refractivity contribution in [2.75, 3.05) is 6.61 Å². The van der Waals surface area contributed by atoms with Crippen LogP contribution in [0.25, 0.3) is 0 Å². The first-order valence-electron chi connectivity index (χ1n) is 4.80. The molecule has 1 atom stereocenters. The van der Waals surface area contributed by atoms with Gasteiger partial charge in [0.15, 0.2) is 0 Å². The van der Waals surface area contributed by atoms with E-state index in [9.17, 15) is 9.18 Å². The molecule has 82 valence electrons. The number of ether oxygens (including phenoxy) is 1. The van der Waals surface area contributed by atoms with Crippen molar-refractivity contribution < 1.29 is 13.9 Å². The number of carbonyl (C=O) groups excluding carboxylic acids is 1. The van der Waals surface area contributed by atoms with E-state index in [4.69, 9.17) is 10.5 Å². The average Bonchev–Trinajstić information content (AvgIpc) is 2.18. The van der Waals surface area contributed by atoms with Crippen LogP contribution in [0.1, 0.15) is 24.9 Å². The molecule has 1 aromatic carbocycles. The molecule has 0 amide bonds. The molecule has 0 heterocycles. The molecule has 1 aromatic rings. The number of benzene rings is 1. The molecule has 1 rings (SSSR count). The van der Waals surface area contributed by atoms with E-state index in [0.717, 1.165) is 0 Å². The van der Waals surface area contributed by atoms with Crippen molar-refractivity contribution in [3.8, 4) is 0 Å². The molecule has 0 aromatic heterocycles. The van der Waals surface area contributed by atoms with Gasteiger partial charge in [-0.3, -0.25) is 4.79 Å². The zero-order valence-corrected chi connectivity index (χ0v) is 8.57. The highest BCUT2D eigenvalue weighted by Gasteiger charge is 2.12. The number of rotatable bonds is 4. The Bertz CT molecular complexity index is 341. The van der Waals surface area contributed by atoms with Gasteiger partial charge in [-0.05, 0) is 24.6 Å². The van der Waals surface area contributed by atoms with Gasteiger partial charge in [-0.25, -0.2) is 4.39 Å². The Morgan fingerprint density at radius 1 is 1.60 bits per heavy atom. The standard InChI is InChI=1S/C11H14FNO2/c1-2-15-11(14)7-10(13)8-4-3-5-9(12)6-8/h3-6,10H,2,7,13H2,1H3/t10-/m1/s1. The molecule has 0 unspecified atom stereocenters. The number of hydrogen-bond acceptors (Lipinski definition) is 3. The summed E-state index contributed by atoms with van der Waals surface area (Å²) in [6.07, 6.45) is 0.0668. The first-order valence-corrected chi connectivity index (χ1v) is 4.80. The minimum atomic E-state index is -0.514. The van der Waals surface area contributed by atoms with Crippen LogP contribution in [0.4, 0.5) is 4.39 Å². The van der Waals surface area contributed by atoms with E-state index < -0.39 is 6.04 Å². The largest absolute Gasteiger partial charge is 0.466 e. The van der Waals surface area contributed by atoms with E-state index in [1.165, 1.54) is 12.1 Å². The lowest BCUT2D eigenvalue weighted by Crippen LogP contribution is -2.17. The zero-order valence-electron chi connectivity index (χ0n) is 8.57. The van der Waals surface area contributed by atoms with Crippen molar-refractivity contribution in [2.45, 2.75) is 19.4 Å². The van der Waals surface area contributed by atoms with E-state index >= 15 is 0 Å². The summed E-state index contributed by atoms with van der Waals surface area (Å²) in [6.45, 7) is 2.06. The third kappa shape index (κ3) is 3.67. The van der Waals surface area contributed by atoms with Gasteiger partial charge in [-0.1, -0.05) is 12.1 Å². The summed E-state index contributed by atoms with van der Waals surface area (Å²) in [6, 6.07) is 5.40. The lowest BCUT2D eigenvalue weighted by atomic mass is 10.1. The predicted molar refractivity (Wildman–Crippen MR) is 54.6 cm³/mol. The Morgan fingerprint density at radius 3 is 2.93 bits per heavy atom. The van der Waals surface area contributed by atoms with Crippen molar-refractivity contribution in [1.82, 2.24) is 0 Å². The number of halogens is 1. The fraction of sp³-hybridized carbons (Fsp3) is 0.364. The van der Waals surface area contributed by atoms with Crippen LogP contribution < -0.4 is 5.73 Å². The third-order valence-electron chi connectivity index (χ3n) is 1.97. The molecule has 0 spiro atoms. The molecule has 3 nitrogen and oxygen atoms in total. The fourth-order valence-electron chi connectivity index (χ4n) is 1.25. The number of esters is 1. The van der Waals surface area contributed by atoms with Gasteiger partial charge in [0.1, 0.15) is 5.82 Å². The zero-order chi connectivity index (χ0) is 11.3. The highest BCUT2D eigenvalue weighted by Crippen LogP contribution is 2.15. The molecular formula is C11H14FNO2. The average molecular weight is 211 g/mol. The molecule has 0 fully saturated rings. The molecule has 0 aliphatic rings. The lowest BCUT2D eigenvalue weighted by Gasteiger charge is -2.10. The van der Waals surface area contributed by atoms with Crippen molar-refractivity contribution in [3.05, 3.63) is 35.6 Å². The Hall–Kier alpha value is -1.42. The highest BCUT2D eigenvalue weighted by atomic mass is 19.1. The molecule has 0 bridgehead atoms. The summed E-state index contributed by atoms with van der Waals surface area (Å²) in [5.74, 6) is -0.721. The Morgan fingerprint density at radius 2 is 2.33 bits per heavy atom. The Labute approximate surface area is 88.0 Å². The van der Waals surface area contributed by atoms with Gasteiger partial charge < -0.3 is 10.5 Å². The van der Waals surface area contributed by atoms with Crippen molar-refractivity contribution in [1.29, 1.82) is 0 Å². The molecule has 0 radical (unpaired) electrons. The van der Waals surface area contributed by atoms with Gasteiger partial charge in [-0.15, -0.1) is 0 Å². The predicted octanol–water partition coefficient (Wildman–Crippen LogP) is 1.78. The minimum absolute atomic E-state index is 0.0668. The fourth-order valence-corrected chi connectivity index (χ4v) is 1.25. The summed E-state index contributed by atoms with van der Waals surface area (Å²) >= 11 is 0. The van der Waals surface area contributed by atoms with Crippen LogP contribution in [0, 0.1) is 5.82 Å². The van der Waals surface area contributed by atoms with Gasteiger partial charge in [0.25, 0.3) is 0 Å². The first kappa shape index (κ1) is 11.7. The van der Waals surface area contributed by atoms with E-state index in [0.29, 0.717) is 12.2 Å². The summed E-state index contributed by atoms with van der Waals surface area (Å²) in [5.41, 5.74) is 6.33. The summed E-state index contributed by atoms with van der Waals surface area (Å²) in [7, 11) is 0. The van der Waals surface area contributed by atoms with Gasteiger partial charge in [0, 0.05) is 6.04 Å². The molecule has 0 saturated carbocycles. The van der Waals surface area contributed by atoms with E-state index in [-0.39, 0.29) is 18.2 Å². The first-order chi connectivity index (χ1) is 7.13. The molecule has 15 heavy (non-hydrogen) atoms. The van der Waals surface area contributed by atoms with Crippen LogP contribution in [0.2, 0.25) is 0 Å². The molecule has 0 aliphatic heterocycles. The third-order valence-corrected chi connectivity index (χ3v) is 1.97. The quantitative estimate of drug-likeness (QED) is 0.772. The smallest absolute Gasteiger partial charge is 0.307 e. The summed E-state index contributed by atoms with van der Waals surface area (Å²) in [4.78, 5) is 11.1. The molecular weight excluding hydrogens is 197 g/mol. The summed E-state index contributed by atoms with van der Waals surface area (Å²) in [5, 5.41) is 0. The maximum atomic E-state index is 12.8. The number of nitrogens with two attached hydrogens (primary N) is 1. The maximum absolute atomic E-state index is 12.8. The van der Waals surface area contributed by atoms with Crippen LogP contribution in [0.5, 0.6) is 0 Å². The van der Waals surface area contributed by atoms with E-state index in [1.807, 2.05) is 0 Å². The summed E-state index contributed by atoms with van der Waals surface area (Å²) < 4.78 is 17.6. The minimum Gasteiger partial charge on any atom is -0.466 e. The monoisotopic (exact) mass is 211 g/mol. The Balaban J connectivity index is 2.60. The van der Waals surface area contributed by atoms with E-state index in [1.54, 1.807) is 19.1 Å². The molecule has 0 saturated heterocycles. The topological polar surface area (TPSA) is 52.3 Å². The van der Waals surface area contributed by atoms with Gasteiger partial charge in [-0.2, -0.15) is 0 Å². The normalized spacial score (nSPS) is 12.2. The van der Waals surface area contributed by atoms with Gasteiger partial charge in [0.2, 0.25) is 0 Å². The second kappa shape index (κ2) is 5.46. The second-order valence-corrected chi connectivity index (χ2v) is 3.17. The molecule has 2 N–H and O–H groups in total. The maximum Gasteiger partial charge on any atom is 0.307 e. The van der Waals surface area contributed by atoms with Crippen LogP contribution >= 0.6 is 0 Å². The molecule has 0 aliphatic carbocycles. The van der Waals surface area contributed by atoms with Crippen molar-refractivity contribution >= 4 is 5.97 Å². The van der Waals surface area contributed by atoms with Crippen molar-refractivity contribution in [3.63, 3.8) is 0 Å². The lowest BCUT2D eigenvalue weighted by molar-refractivity contribution is -0.143. The van der Waals surface area contributed by atoms with Gasteiger partial charge >= 0.3 is 5.97 Å². The van der Waals surface area contributed by atoms with Crippen LogP contribution in [-0.2, 0) is 9.53 Å². The van der Waals surface area contributed by atoms with Gasteiger partial charge in [0.05, 0.1) is 13.0 Å². The van der Waals surface area contributed by atoms with Crippen molar-refractivity contribution in [2.24, 2.45) is 5.73 Å². The number of carbonyl (C=O) groups is 1. The highest BCUT2D eigenvalue weighted by molar-refractivity contribution is 5.70. The van der Waals surface area contributed by atoms with E-state index in [2.05, 4.69) is 0 Å². The second-order valence-electron chi connectivity index (χ2n) is 3.17. The van der Waals surface area contributed by atoms with Crippen LogP contribution in [0.3, 0.4) is 0 Å². The van der Waals surface area contributed by atoms with Crippen LogP contribution in [-0.4, -0.2) is 12.6 Å². The molecule has 4 heteroatoms. The van der Waals surface area contributed by atoms with Crippen LogP contribution in [0.15, 0.2) is 24.3 Å².